The molecule has 1 aromatic carbocycles. The van der Waals surface area contributed by atoms with E-state index in [0.717, 1.165) is 6.07 Å². The molecular weight excluding hydrogens is 241 g/mol. The Kier molecular flexibility index (Phi) is 4.08. The summed E-state index contributed by atoms with van der Waals surface area (Å²) in [4.78, 5) is 20.9. The maximum atomic E-state index is 13.3. The van der Waals surface area contributed by atoms with Crippen LogP contribution in [0.1, 0.15) is 15.9 Å². The highest BCUT2D eigenvalue weighted by Gasteiger charge is 2.15. The molecule has 0 saturated carbocycles. The van der Waals surface area contributed by atoms with Crippen molar-refractivity contribution < 1.29 is 32.6 Å². The standard InChI is InChI=1S/C10H7F3O4/c11-7-3-8(17-10(12)13)6(4-14)1-5(7)2-9(15)16/h1,3-4,10H,2H2,(H,15,16). The first-order valence-corrected chi connectivity index (χ1v) is 4.38. The molecule has 0 radical (unpaired) electrons. The van der Waals surface area contributed by atoms with Crippen LogP contribution in [0.5, 0.6) is 5.75 Å². The molecule has 0 aliphatic rings. The zero-order chi connectivity index (χ0) is 13.0. The third-order valence-corrected chi connectivity index (χ3v) is 1.86. The minimum absolute atomic E-state index is 0.183. The average Bonchev–Trinajstić information content (AvgIpc) is 2.20. The van der Waals surface area contributed by atoms with Gasteiger partial charge in [-0.3, -0.25) is 9.59 Å². The van der Waals surface area contributed by atoms with Crippen molar-refractivity contribution in [3.8, 4) is 5.75 Å². The monoisotopic (exact) mass is 248 g/mol. The Morgan fingerprint density at radius 3 is 2.59 bits per heavy atom. The summed E-state index contributed by atoms with van der Waals surface area (Å²) in [5, 5.41) is 8.46. The van der Waals surface area contributed by atoms with E-state index in [9.17, 15) is 22.8 Å². The van der Waals surface area contributed by atoms with Gasteiger partial charge >= 0.3 is 12.6 Å². The zero-order valence-corrected chi connectivity index (χ0v) is 8.32. The van der Waals surface area contributed by atoms with Crippen molar-refractivity contribution in [2.75, 3.05) is 0 Å². The first-order valence-electron chi connectivity index (χ1n) is 4.38. The van der Waals surface area contributed by atoms with Crippen molar-refractivity contribution in [3.05, 3.63) is 29.1 Å². The Labute approximate surface area is 93.6 Å². The highest BCUT2D eigenvalue weighted by molar-refractivity contribution is 5.80. The van der Waals surface area contributed by atoms with E-state index < -0.39 is 30.6 Å². The molecule has 0 saturated heterocycles. The predicted molar refractivity (Wildman–Crippen MR) is 49.8 cm³/mol. The number of hydrogen-bond acceptors (Lipinski definition) is 3. The van der Waals surface area contributed by atoms with Crippen molar-refractivity contribution in [1.82, 2.24) is 0 Å². The van der Waals surface area contributed by atoms with E-state index in [-0.39, 0.29) is 17.4 Å². The summed E-state index contributed by atoms with van der Waals surface area (Å²) < 4.78 is 41.0. The maximum absolute atomic E-state index is 13.3. The van der Waals surface area contributed by atoms with Gasteiger partial charge in [0.2, 0.25) is 0 Å². The van der Waals surface area contributed by atoms with E-state index in [2.05, 4.69) is 4.74 Å². The zero-order valence-electron chi connectivity index (χ0n) is 8.32. The van der Waals surface area contributed by atoms with E-state index in [0.29, 0.717) is 6.07 Å². The van der Waals surface area contributed by atoms with Crippen LogP contribution >= 0.6 is 0 Å². The molecule has 7 heteroatoms. The normalized spacial score (nSPS) is 10.4. The lowest BCUT2D eigenvalue weighted by atomic mass is 10.1. The lowest BCUT2D eigenvalue weighted by Crippen LogP contribution is -2.08. The van der Waals surface area contributed by atoms with Crippen LogP contribution < -0.4 is 4.74 Å². The first kappa shape index (κ1) is 13.0. The molecule has 0 bridgehead atoms. The SMILES string of the molecule is O=Cc1cc(CC(=O)O)c(F)cc1OC(F)F. The van der Waals surface area contributed by atoms with Crippen molar-refractivity contribution in [3.63, 3.8) is 0 Å². The van der Waals surface area contributed by atoms with Crippen LogP contribution in [-0.4, -0.2) is 24.0 Å². The van der Waals surface area contributed by atoms with Gasteiger partial charge in [0.25, 0.3) is 0 Å². The number of carbonyl (C=O) groups excluding carboxylic acids is 1. The van der Waals surface area contributed by atoms with Crippen LogP contribution in [-0.2, 0) is 11.2 Å². The highest BCUT2D eigenvalue weighted by Crippen LogP contribution is 2.23. The summed E-state index contributed by atoms with van der Waals surface area (Å²) in [5.74, 6) is -2.95. The molecule has 4 nitrogen and oxygen atoms in total. The number of rotatable bonds is 5. The van der Waals surface area contributed by atoms with Crippen molar-refractivity contribution in [1.29, 1.82) is 0 Å². The number of carboxylic acids is 1. The molecule has 1 aromatic rings. The third kappa shape index (κ3) is 3.47. The second-order valence-electron chi connectivity index (χ2n) is 3.05. The third-order valence-electron chi connectivity index (χ3n) is 1.86. The van der Waals surface area contributed by atoms with Crippen LogP contribution in [0.3, 0.4) is 0 Å². The number of benzene rings is 1. The Balaban J connectivity index is 3.14. The summed E-state index contributed by atoms with van der Waals surface area (Å²) >= 11 is 0. The van der Waals surface area contributed by atoms with Crippen LogP contribution in [0.4, 0.5) is 13.2 Å². The topological polar surface area (TPSA) is 63.6 Å². The summed E-state index contributed by atoms with van der Waals surface area (Å²) in [7, 11) is 0. The van der Waals surface area contributed by atoms with Gasteiger partial charge in [-0.15, -0.1) is 0 Å². The Morgan fingerprint density at radius 1 is 1.47 bits per heavy atom. The molecule has 92 valence electrons. The molecule has 0 atom stereocenters. The van der Waals surface area contributed by atoms with Gasteiger partial charge in [0.05, 0.1) is 12.0 Å². The Morgan fingerprint density at radius 2 is 2.12 bits per heavy atom. The number of alkyl halides is 2. The van der Waals surface area contributed by atoms with Gasteiger partial charge < -0.3 is 9.84 Å². The molecule has 0 aliphatic heterocycles. The molecule has 0 amide bonds. The second-order valence-corrected chi connectivity index (χ2v) is 3.05. The van der Waals surface area contributed by atoms with E-state index in [1.54, 1.807) is 0 Å². The number of hydrogen-bond donors (Lipinski definition) is 1. The smallest absolute Gasteiger partial charge is 0.387 e. The lowest BCUT2D eigenvalue weighted by molar-refractivity contribution is -0.136. The molecule has 1 N–H and O–H groups in total. The molecule has 0 fully saturated rings. The van der Waals surface area contributed by atoms with Gasteiger partial charge in [0, 0.05) is 6.07 Å². The molecule has 17 heavy (non-hydrogen) atoms. The summed E-state index contributed by atoms with van der Waals surface area (Å²) in [6.45, 7) is -3.20. The van der Waals surface area contributed by atoms with Gasteiger partial charge in [-0.25, -0.2) is 4.39 Å². The summed E-state index contributed by atoms with van der Waals surface area (Å²) in [5.41, 5.74) is -0.607. The van der Waals surface area contributed by atoms with Gasteiger partial charge in [-0.05, 0) is 11.6 Å². The molecule has 0 aromatic heterocycles. The molecule has 0 aliphatic carbocycles. The van der Waals surface area contributed by atoms with Gasteiger partial charge in [0.15, 0.2) is 6.29 Å². The molecule has 0 heterocycles. The van der Waals surface area contributed by atoms with Crippen molar-refractivity contribution in [2.45, 2.75) is 13.0 Å². The van der Waals surface area contributed by atoms with Crippen LogP contribution in [0, 0.1) is 5.82 Å². The second kappa shape index (κ2) is 5.33. The van der Waals surface area contributed by atoms with Crippen LogP contribution in [0.2, 0.25) is 0 Å². The average molecular weight is 248 g/mol. The Hall–Kier alpha value is -2.05. The van der Waals surface area contributed by atoms with E-state index >= 15 is 0 Å². The number of ether oxygens (including phenoxy) is 1. The summed E-state index contributed by atoms with van der Waals surface area (Å²) in [6.07, 6.45) is -0.468. The minimum Gasteiger partial charge on any atom is -0.481 e. The van der Waals surface area contributed by atoms with Crippen molar-refractivity contribution >= 4 is 12.3 Å². The maximum Gasteiger partial charge on any atom is 0.387 e. The number of aldehydes is 1. The van der Waals surface area contributed by atoms with Crippen LogP contribution in [0.15, 0.2) is 12.1 Å². The fourth-order valence-electron chi connectivity index (χ4n) is 1.21. The van der Waals surface area contributed by atoms with E-state index in [4.69, 9.17) is 5.11 Å². The van der Waals surface area contributed by atoms with E-state index in [1.807, 2.05) is 0 Å². The predicted octanol–water partition coefficient (Wildman–Crippen LogP) is 1.87. The number of carbonyl (C=O) groups is 2. The largest absolute Gasteiger partial charge is 0.481 e. The summed E-state index contributed by atoms with van der Waals surface area (Å²) in [6, 6.07) is 1.43. The molecular formula is C10H7F3O4. The van der Waals surface area contributed by atoms with Crippen molar-refractivity contribution in [2.24, 2.45) is 0 Å². The van der Waals surface area contributed by atoms with Crippen LogP contribution in [0.25, 0.3) is 0 Å². The van der Waals surface area contributed by atoms with Gasteiger partial charge in [0.1, 0.15) is 11.6 Å². The first-order chi connectivity index (χ1) is 7.93. The van der Waals surface area contributed by atoms with Gasteiger partial charge in [-0.1, -0.05) is 0 Å². The molecule has 0 unspecified atom stereocenters. The van der Waals surface area contributed by atoms with Gasteiger partial charge in [-0.2, -0.15) is 8.78 Å². The highest BCUT2D eigenvalue weighted by atomic mass is 19.3. The van der Waals surface area contributed by atoms with E-state index in [1.165, 1.54) is 0 Å². The number of halogens is 3. The molecule has 0 spiro atoms. The lowest BCUT2D eigenvalue weighted by Gasteiger charge is -2.09. The fraction of sp³-hybridized carbons (Fsp3) is 0.200. The Bertz CT molecular complexity index is 445. The number of aliphatic carboxylic acids is 1. The fourth-order valence-corrected chi connectivity index (χ4v) is 1.21. The number of carboxylic acid groups (broad SMARTS) is 1. The molecule has 1 rings (SSSR count). The minimum atomic E-state index is -3.20. The quantitative estimate of drug-likeness (QED) is 0.808.